The highest BCUT2D eigenvalue weighted by Crippen LogP contribution is 2.28. The van der Waals surface area contributed by atoms with Crippen molar-refractivity contribution in [3.63, 3.8) is 0 Å². The van der Waals surface area contributed by atoms with Crippen LogP contribution in [0.3, 0.4) is 0 Å². The fourth-order valence-electron chi connectivity index (χ4n) is 4.43. The lowest BCUT2D eigenvalue weighted by Crippen LogP contribution is -2.40. The number of rotatable bonds is 4. The number of aryl methyl sites for hydroxylation is 1. The van der Waals surface area contributed by atoms with E-state index in [2.05, 4.69) is 10.1 Å². The van der Waals surface area contributed by atoms with Crippen LogP contribution in [0.4, 0.5) is 0 Å². The molecule has 2 N–H and O–H groups in total. The van der Waals surface area contributed by atoms with Crippen LogP contribution in [0.15, 0.2) is 60.9 Å². The number of carbonyl (C=O) groups excluding carboxylic acids is 2. The molecular weight excluding hydrogens is 416 g/mol. The molecule has 0 spiro atoms. The summed E-state index contributed by atoms with van der Waals surface area (Å²) < 4.78 is 1.60. The second-order valence-corrected chi connectivity index (χ2v) is 8.39. The molecule has 0 saturated carbocycles. The first-order valence-corrected chi connectivity index (χ1v) is 11.0. The molecule has 1 fully saturated rings. The van der Waals surface area contributed by atoms with Crippen molar-refractivity contribution in [3.8, 4) is 11.1 Å². The standard InChI is InChI=1S/C25H24N6O2/c1-16-12-22(31-23(29-16)9-10-28-31)25(33)30-11-3-6-20(15-30)21-8-7-19(14-27-21)17-4-2-5-18(13-17)24(26)32/h2,4-5,7-10,12-14,20H,3,6,11,15H2,1H3,(H2,26,32)/t20-/m1/s1. The normalized spacial score (nSPS) is 16.2. The van der Waals surface area contributed by atoms with E-state index in [1.54, 1.807) is 35.0 Å². The first-order chi connectivity index (χ1) is 16.0. The van der Waals surface area contributed by atoms with E-state index in [1.165, 1.54) is 0 Å². The number of piperidine rings is 1. The van der Waals surface area contributed by atoms with E-state index >= 15 is 0 Å². The van der Waals surface area contributed by atoms with Crippen LogP contribution in [-0.4, -0.2) is 49.4 Å². The number of benzene rings is 1. The molecule has 4 aromatic rings. The topological polar surface area (TPSA) is 106 Å². The van der Waals surface area contributed by atoms with Gasteiger partial charge in [-0.3, -0.25) is 14.6 Å². The summed E-state index contributed by atoms with van der Waals surface area (Å²) in [5, 5.41) is 4.27. The Kier molecular flexibility index (Phi) is 5.34. The smallest absolute Gasteiger partial charge is 0.272 e. The summed E-state index contributed by atoms with van der Waals surface area (Å²) in [6, 6.07) is 14.8. The highest BCUT2D eigenvalue weighted by atomic mass is 16.2. The summed E-state index contributed by atoms with van der Waals surface area (Å²) in [5.41, 5.74) is 10.6. The number of nitrogens with zero attached hydrogens (tertiary/aromatic N) is 5. The molecule has 8 heteroatoms. The highest BCUT2D eigenvalue weighted by Gasteiger charge is 2.28. The van der Waals surface area contributed by atoms with Crippen molar-refractivity contribution < 1.29 is 9.59 Å². The van der Waals surface area contributed by atoms with Gasteiger partial charge >= 0.3 is 0 Å². The first kappa shape index (κ1) is 20.8. The average Bonchev–Trinajstić information content (AvgIpc) is 3.32. The molecule has 1 aliphatic heterocycles. The quantitative estimate of drug-likeness (QED) is 0.524. The van der Waals surface area contributed by atoms with Crippen molar-refractivity contribution in [2.75, 3.05) is 13.1 Å². The Morgan fingerprint density at radius 3 is 2.76 bits per heavy atom. The molecule has 2 amide bonds. The monoisotopic (exact) mass is 440 g/mol. The predicted molar refractivity (Wildman–Crippen MR) is 124 cm³/mol. The van der Waals surface area contributed by atoms with E-state index < -0.39 is 5.91 Å². The van der Waals surface area contributed by atoms with Gasteiger partial charge in [0.05, 0.1) is 6.20 Å². The Balaban J connectivity index is 1.35. The van der Waals surface area contributed by atoms with Crippen molar-refractivity contribution in [3.05, 3.63) is 83.6 Å². The van der Waals surface area contributed by atoms with Crippen molar-refractivity contribution in [1.29, 1.82) is 0 Å². The van der Waals surface area contributed by atoms with Gasteiger partial charge in [-0.05, 0) is 49.6 Å². The van der Waals surface area contributed by atoms with Gasteiger partial charge in [0.2, 0.25) is 5.91 Å². The van der Waals surface area contributed by atoms with Gasteiger partial charge in [-0.1, -0.05) is 18.2 Å². The Bertz CT molecular complexity index is 1340. The third-order valence-electron chi connectivity index (χ3n) is 6.10. The van der Waals surface area contributed by atoms with Gasteiger partial charge in [0.15, 0.2) is 5.65 Å². The zero-order valence-corrected chi connectivity index (χ0v) is 18.3. The number of likely N-dealkylation sites (tertiary alicyclic amines) is 1. The molecule has 1 atom stereocenters. The fraction of sp³-hybridized carbons (Fsp3) is 0.240. The van der Waals surface area contributed by atoms with Gasteiger partial charge in [-0.25, -0.2) is 9.50 Å². The molecular formula is C25H24N6O2. The Labute approximate surface area is 191 Å². The summed E-state index contributed by atoms with van der Waals surface area (Å²) in [7, 11) is 0. The molecule has 0 radical (unpaired) electrons. The number of nitrogens with two attached hydrogens (primary N) is 1. The van der Waals surface area contributed by atoms with Crippen molar-refractivity contribution in [1.82, 2.24) is 24.5 Å². The van der Waals surface area contributed by atoms with Crippen LogP contribution in [0, 0.1) is 6.92 Å². The number of amides is 2. The van der Waals surface area contributed by atoms with Crippen LogP contribution < -0.4 is 5.73 Å². The molecule has 5 rings (SSSR count). The number of hydrogen-bond donors (Lipinski definition) is 1. The lowest BCUT2D eigenvalue weighted by atomic mass is 9.93. The first-order valence-electron chi connectivity index (χ1n) is 11.0. The van der Waals surface area contributed by atoms with Gasteiger partial charge in [-0.2, -0.15) is 5.10 Å². The van der Waals surface area contributed by atoms with Crippen LogP contribution >= 0.6 is 0 Å². The Hall–Kier alpha value is -4.07. The van der Waals surface area contributed by atoms with Crippen LogP contribution in [0.2, 0.25) is 0 Å². The van der Waals surface area contributed by atoms with Crippen LogP contribution in [0.25, 0.3) is 16.8 Å². The zero-order valence-electron chi connectivity index (χ0n) is 18.3. The van der Waals surface area contributed by atoms with E-state index in [-0.39, 0.29) is 11.8 Å². The lowest BCUT2D eigenvalue weighted by Gasteiger charge is -2.32. The number of primary amides is 1. The minimum absolute atomic E-state index is 0.0428. The number of aromatic nitrogens is 4. The maximum atomic E-state index is 13.3. The molecule has 166 valence electrons. The molecule has 1 aromatic carbocycles. The molecule has 4 heterocycles. The molecule has 0 aliphatic carbocycles. The number of carbonyl (C=O) groups is 2. The molecule has 8 nitrogen and oxygen atoms in total. The summed E-state index contributed by atoms with van der Waals surface area (Å²) in [6.45, 7) is 3.19. The van der Waals surface area contributed by atoms with Gasteiger partial charge in [0.1, 0.15) is 5.69 Å². The number of fused-ring (bicyclic) bond motifs is 1. The van der Waals surface area contributed by atoms with Gasteiger partial charge in [0.25, 0.3) is 5.91 Å². The van der Waals surface area contributed by atoms with Gasteiger partial charge in [0, 0.05) is 53.8 Å². The third-order valence-corrected chi connectivity index (χ3v) is 6.10. The molecule has 3 aromatic heterocycles. The molecule has 1 aliphatic rings. The molecule has 1 saturated heterocycles. The molecule has 0 unspecified atom stereocenters. The summed E-state index contributed by atoms with van der Waals surface area (Å²) >= 11 is 0. The largest absolute Gasteiger partial charge is 0.366 e. The van der Waals surface area contributed by atoms with Crippen LogP contribution in [0.5, 0.6) is 0 Å². The second-order valence-electron chi connectivity index (χ2n) is 8.39. The van der Waals surface area contributed by atoms with E-state index in [9.17, 15) is 9.59 Å². The van der Waals surface area contributed by atoms with E-state index in [1.807, 2.05) is 42.3 Å². The maximum absolute atomic E-state index is 13.3. The Morgan fingerprint density at radius 2 is 1.97 bits per heavy atom. The van der Waals surface area contributed by atoms with Gasteiger partial charge in [-0.15, -0.1) is 0 Å². The minimum Gasteiger partial charge on any atom is -0.366 e. The zero-order chi connectivity index (χ0) is 22.9. The minimum atomic E-state index is -0.454. The Morgan fingerprint density at radius 1 is 1.09 bits per heavy atom. The van der Waals surface area contributed by atoms with Crippen LogP contribution in [0.1, 0.15) is 51.0 Å². The summed E-state index contributed by atoms with van der Waals surface area (Å²) in [4.78, 5) is 35.8. The van der Waals surface area contributed by atoms with Crippen molar-refractivity contribution in [2.24, 2.45) is 5.73 Å². The second kappa shape index (κ2) is 8.46. The van der Waals surface area contributed by atoms with Crippen LogP contribution in [-0.2, 0) is 0 Å². The highest BCUT2D eigenvalue weighted by molar-refractivity contribution is 5.94. The summed E-state index contributed by atoms with van der Waals surface area (Å²) in [5.74, 6) is -0.339. The summed E-state index contributed by atoms with van der Waals surface area (Å²) in [6.07, 6.45) is 5.35. The number of pyridine rings is 1. The van der Waals surface area contributed by atoms with E-state index in [0.717, 1.165) is 35.4 Å². The van der Waals surface area contributed by atoms with E-state index in [4.69, 9.17) is 10.7 Å². The third kappa shape index (κ3) is 4.07. The molecule has 33 heavy (non-hydrogen) atoms. The predicted octanol–water partition coefficient (Wildman–Crippen LogP) is 3.22. The average molecular weight is 441 g/mol. The van der Waals surface area contributed by atoms with E-state index in [0.29, 0.717) is 30.0 Å². The van der Waals surface area contributed by atoms with Crippen molar-refractivity contribution >= 4 is 17.5 Å². The fourth-order valence-corrected chi connectivity index (χ4v) is 4.43. The van der Waals surface area contributed by atoms with Crippen molar-refractivity contribution in [2.45, 2.75) is 25.7 Å². The lowest BCUT2D eigenvalue weighted by molar-refractivity contribution is 0.0696. The number of hydrogen-bond acceptors (Lipinski definition) is 5. The van der Waals surface area contributed by atoms with Gasteiger partial charge < -0.3 is 10.6 Å². The SMILES string of the molecule is Cc1cc(C(=O)N2CCC[C@@H](c3ccc(-c4cccc(C(N)=O)c4)cn3)C2)n2nccc2n1. The maximum Gasteiger partial charge on any atom is 0.272 e. The molecule has 0 bridgehead atoms.